The average Bonchev–Trinajstić information content (AvgIpc) is 2.97. The maximum Gasteiger partial charge on any atom is 0.316 e. The number of halogens is 1. The van der Waals surface area contributed by atoms with E-state index in [9.17, 15) is 4.79 Å². The van der Waals surface area contributed by atoms with E-state index in [0.29, 0.717) is 15.7 Å². The number of ether oxygens (including phenoxy) is 1. The first-order valence-electron chi connectivity index (χ1n) is 6.34. The second kappa shape index (κ2) is 6.33. The van der Waals surface area contributed by atoms with Crippen molar-refractivity contribution >= 4 is 40.4 Å². The quantitative estimate of drug-likeness (QED) is 0.415. The molecule has 0 bridgehead atoms. The van der Waals surface area contributed by atoms with Crippen molar-refractivity contribution in [2.24, 2.45) is 0 Å². The summed E-state index contributed by atoms with van der Waals surface area (Å²) in [5.74, 6) is -0.130. The number of esters is 1. The molecule has 0 saturated heterocycles. The lowest BCUT2D eigenvalue weighted by Crippen LogP contribution is -2.03. The van der Waals surface area contributed by atoms with Gasteiger partial charge in [-0.1, -0.05) is 35.5 Å². The SMILES string of the molecule is COC(=O)CSc1ncnc2c1cnn2-c1ccccc1Cl. The molecule has 0 aliphatic heterocycles. The largest absolute Gasteiger partial charge is 0.468 e. The van der Waals surface area contributed by atoms with Gasteiger partial charge in [0.25, 0.3) is 0 Å². The van der Waals surface area contributed by atoms with Crippen LogP contribution in [0.5, 0.6) is 0 Å². The number of hydrogen-bond donors (Lipinski definition) is 0. The van der Waals surface area contributed by atoms with Crippen LogP contribution in [-0.4, -0.2) is 38.6 Å². The zero-order valence-electron chi connectivity index (χ0n) is 11.6. The highest BCUT2D eigenvalue weighted by Gasteiger charge is 2.14. The number of methoxy groups -OCH3 is 1. The zero-order chi connectivity index (χ0) is 15.5. The molecule has 0 aliphatic carbocycles. The molecule has 2 aromatic heterocycles. The van der Waals surface area contributed by atoms with Gasteiger partial charge in [-0.15, -0.1) is 0 Å². The number of carbonyl (C=O) groups is 1. The molecule has 0 radical (unpaired) electrons. The first kappa shape index (κ1) is 14.8. The summed E-state index contributed by atoms with van der Waals surface area (Å²) in [5.41, 5.74) is 1.37. The molecule has 22 heavy (non-hydrogen) atoms. The number of nitrogens with zero attached hydrogens (tertiary/aromatic N) is 4. The predicted octanol–water partition coefficient (Wildman–Crippen LogP) is 2.73. The molecule has 0 N–H and O–H groups in total. The first-order chi connectivity index (χ1) is 10.7. The lowest BCUT2D eigenvalue weighted by atomic mass is 10.3. The molecular formula is C14H11ClN4O2S. The van der Waals surface area contributed by atoms with Crippen LogP contribution < -0.4 is 0 Å². The van der Waals surface area contributed by atoms with Crippen LogP contribution in [-0.2, 0) is 9.53 Å². The first-order valence-corrected chi connectivity index (χ1v) is 7.70. The molecule has 0 unspecified atom stereocenters. The summed E-state index contributed by atoms with van der Waals surface area (Å²) in [6.45, 7) is 0. The number of benzene rings is 1. The molecule has 3 rings (SSSR count). The van der Waals surface area contributed by atoms with Crippen LogP contribution in [0, 0.1) is 0 Å². The summed E-state index contributed by atoms with van der Waals surface area (Å²) < 4.78 is 6.29. The average molecular weight is 335 g/mol. The van der Waals surface area contributed by atoms with E-state index >= 15 is 0 Å². The number of para-hydroxylation sites is 1. The van der Waals surface area contributed by atoms with Crippen LogP contribution in [0.25, 0.3) is 16.7 Å². The number of fused-ring (bicyclic) bond motifs is 1. The molecule has 8 heteroatoms. The molecule has 2 heterocycles. The second-order valence-electron chi connectivity index (χ2n) is 4.29. The second-order valence-corrected chi connectivity index (χ2v) is 5.66. The van der Waals surface area contributed by atoms with Crippen molar-refractivity contribution in [1.82, 2.24) is 19.7 Å². The standard InChI is InChI=1S/C14H11ClN4O2S/c1-21-12(20)7-22-14-9-6-18-19(13(9)16-8-17-14)11-5-3-2-4-10(11)15/h2-6,8H,7H2,1H3. The van der Waals surface area contributed by atoms with Crippen LogP contribution in [0.4, 0.5) is 0 Å². The molecule has 0 aliphatic rings. The molecule has 0 fully saturated rings. The van der Waals surface area contributed by atoms with Crippen molar-refractivity contribution in [2.45, 2.75) is 5.03 Å². The maximum absolute atomic E-state index is 11.3. The summed E-state index contributed by atoms with van der Waals surface area (Å²) in [6.07, 6.45) is 3.11. The fourth-order valence-corrected chi connectivity index (χ4v) is 2.93. The van der Waals surface area contributed by atoms with Gasteiger partial charge in [-0.2, -0.15) is 5.10 Å². The zero-order valence-corrected chi connectivity index (χ0v) is 13.1. The van der Waals surface area contributed by atoms with Crippen LogP contribution in [0.3, 0.4) is 0 Å². The molecule has 0 atom stereocenters. The normalized spacial score (nSPS) is 10.8. The van der Waals surface area contributed by atoms with E-state index < -0.39 is 0 Å². The summed E-state index contributed by atoms with van der Waals surface area (Å²) in [6, 6.07) is 7.38. The van der Waals surface area contributed by atoms with Crippen molar-refractivity contribution < 1.29 is 9.53 Å². The molecule has 0 amide bonds. The Morgan fingerprint density at radius 1 is 1.36 bits per heavy atom. The van der Waals surface area contributed by atoms with Crippen molar-refractivity contribution in [1.29, 1.82) is 0 Å². The molecule has 6 nitrogen and oxygen atoms in total. The van der Waals surface area contributed by atoms with Gasteiger partial charge in [-0.3, -0.25) is 4.79 Å². The fraction of sp³-hybridized carbons (Fsp3) is 0.143. The van der Waals surface area contributed by atoms with Crippen LogP contribution >= 0.6 is 23.4 Å². The van der Waals surface area contributed by atoms with Gasteiger partial charge >= 0.3 is 5.97 Å². The Morgan fingerprint density at radius 3 is 2.95 bits per heavy atom. The van der Waals surface area contributed by atoms with E-state index in [1.54, 1.807) is 16.9 Å². The molecule has 0 spiro atoms. The van der Waals surface area contributed by atoms with Gasteiger partial charge in [0, 0.05) is 0 Å². The van der Waals surface area contributed by atoms with Gasteiger partial charge in [0.05, 0.1) is 35.2 Å². The van der Waals surface area contributed by atoms with E-state index in [-0.39, 0.29) is 11.7 Å². The Labute approximate surface area is 135 Å². The third kappa shape index (κ3) is 2.77. The van der Waals surface area contributed by atoms with Gasteiger partial charge < -0.3 is 4.74 Å². The van der Waals surface area contributed by atoms with E-state index in [1.165, 1.54) is 25.2 Å². The Balaban J connectivity index is 2.02. The summed E-state index contributed by atoms with van der Waals surface area (Å²) in [5, 5.41) is 6.35. The van der Waals surface area contributed by atoms with Gasteiger partial charge in [0.1, 0.15) is 11.4 Å². The van der Waals surface area contributed by atoms with E-state index in [4.69, 9.17) is 11.6 Å². The molecule has 1 aromatic carbocycles. The molecule has 3 aromatic rings. The smallest absolute Gasteiger partial charge is 0.316 e. The number of aromatic nitrogens is 4. The predicted molar refractivity (Wildman–Crippen MR) is 84.4 cm³/mol. The van der Waals surface area contributed by atoms with E-state index in [0.717, 1.165) is 11.1 Å². The number of thioether (sulfide) groups is 1. The fourth-order valence-electron chi connectivity index (χ4n) is 1.92. The Kier molecular flexibility index (Phi) is 4.26. The minimum absolute atomic E-state index is 0.180. The lowest BCUT2D eigenvalue weighted by molar-refractivity contribution is -0.137. The highest BCUT2D eigenvalue weighted by atomic mass is 35.5. The molecular weight excluding hydrogens is 324 g/mol. The Hall–Kier alpha value is -2.12. The number of carbonyl (C=O) groups excluding carboxylic acids is 1. The maximum atomic E-state index is 11.3. The van der Waals surface area contributed by atoms with Crippen LogP contribution in [0.15, 0.2) is 41.8 Å². The van der Waals surface area contributed by atoms with E-state index in [1.807, 2.05) is 18.2 Å². The third-order valence-electron chi connectivity index (χ3n) is 2.96. The molecule has 112 valence electrons. The molecule has 0 saturated carbocycles. The number of hydrogen-bond acceptors (Lipinski definition) is 6. The summed E-state index contributed by atoms with van der Waals surface area (Å²) in [7, 11) is 1.36. The van der Waals surface area contributed by atoms with Gasteiger partial charge in [0.15, 0.2) is 5.65 Å². The van der Waals surface area contributed by atoms with Crippen LogP contribution in [0.2, 0.25) is 5.02 Å². The van der Waals surface area contributed by atoms with E-state index in [2.05, 4.69) is 19.8 Å². The van der Waals surface area contributed by atoms with Crippen molar-refractivity contribution in [3.05, 3.63) is 41.8 Å². The Morgan fingerprint density at radius 2 is 2.18 bits per heavy atom. The summed E-state index contributed by atoms with van der Waals surface area (Å²) in [4.78, 5) is 19.7. The summed E-state index contributed by atoms with van der Waals surface area (Å²) >= 11 is 7.49. The van der Waals surface area contributed by atoms with Crippen molar-refractivity contribution in [3.8, 4) is 5.69 Å². The highest BCUT2D eigenvalue weighted by molar-refractivity contribution is 8.00. The minimum Gasteiger partial charge on any atom is -0.468 e. The Bertz CT molecular complexity index is 837. The third-order valence-corrected chi connectivity index (χ3v) is 4.26. The highest BCUT2D eigenvalue weighted by Crippen LogP contribution is 2.27. The number of rotatable bonds is 4. The van der Waals surface area contributed by atoms with Crippen molar-refractivity contribution in [2.75, 3.05) is 12.9 Å². The van der Waals surface area contributed by atoms with Gasteiger partial charge in [0.2, 0.25) is 0 Å². The lowest BCUT2D eigenvalue weighted by Gasteiger charge is -2.05. The topological polar surface area (TPSA) is 69.9 Å². The van der Waals surface area contributed by atoms with Gasteiger partial charge in [-0.05, 0) is 12.1 Å². The minimum atomic E-state index is -0.310. The van der Waals surface area contributed by atoms with Crippen molar-refractivity contribution in [3.63, 3.8) is 0 Å². The monoisotopic (exact) mass is 334 g/mol. The van der Waals surface area contributed by atoms with Crippen LogP contribution in [0.1, 0.15) is 0 Å². The van der Waals surface area contributed by atoms with Gasteiger partial charge in [-0.25, -0.2) is 14.6 Å².